The van der Waals surface area contributed by atoms with E-state index in [4.69, 9.17) is 10.9 Å². The Balaban J connectivity index is 3.23. The van der Waals surface area contributed by atoms with Crippen LogP contribution in [0.3, 0.4) is 0 Å². The van der Waals surface area contributed by atoms with Crippen LogP contribution in [0, 0.1) is 6.92 Å². The summed E-state index contributed by atoms with van der Waals surface area (Å²) in [6, 6.07) is 0. The molecule has 7 heteroatoms. The first kappa shape index (κ1) is 14.3. The van der Waals surface area contributed by atoms with E-state index < -0.39 is 5.60 Å². The summed E-state index contributed by atoms with van der Waals surface area (Å²) in [6.45, 7) is 5.62. The molecule has 0 unspecified atom stereocenters. The van der Waals surface area contributed by atoms with Crippen molar-refractivity contribution in [1.29, 1.82) is 0 Å². The van der Waals surface area contributed by atoms with Gasteiger partial charge < -0.3 is 20.9 Å². The number of aliphatic hydroxyl groups is 1. The third-order valence-electron chi connectivity index (χ3n) is 2.54. The van der Waals surface area contributed by atoms with Gasteiger partial charge in [0.25, 0.3) is 0 Å². The summed E-state index contributed by atoms with van der Waals surface area (Å²) < 4.78 is 1.65. The van der Waals surface area contributed by atoms with Crippen LogP contribution < -0.4 is 10.6 Å². The van der Waals surface area contributed by atoms with Gasteiger partial charge in [-0.05, 0) is 20.8 Å². The van der Waals surface area contributed by atoms with E-state index in [9.17, 15) is 5.11 Å². The van der Waals surface area contributed by atoms with Gasteiger partial charge in [0.2, 0.25) is 0 Å². The number of oxime groups is 1. The minimum Gasteiger partial charge on any atom is -0.409 e. The van der Waals surface area contributed by atoms with E-state index in [0.717, 1.165) is 0 Å². The number of rotatable bonds is 4. The highest BCUT2D eigenvalue weighted by atomic mass is 16.4. The number of hydrogen-bond donors (Lipinski definition) is 3. The standard InChI is InChI=1S/C11H21N5O2/c1-7-8(9(12)14-18)10(16(5)13-7)15(4)6-11(2,3)17/h17-18H,6H2,1-5H3,(H2,12,14). The number of anilines is 1. The van der Waals surface area contributed by atoms with Crippen molar-refractivity contribution in [2.45, 2.75) is 26.4 Å². The van der Waals surface area contributed by atoms with Gasteiger partial charge in [0, 0.05) is 20.6 Å². The third kappa shape index (κ3) is 2.92. The van der Waals surface area contributed by atoms with Gasteiger partial charge in [-0.15, -0.1) is 0 Å². The van der Waals surface area contributed by atoms with Gasteiger partial charge in [0.05, 0.1) is 16.9 Å². The number of nitrogens with zero attached hydrogens (tertiary/aromatic N) is 4. The first-order valence-electron chi connectivity index (χ1n) is 5.62. The van der Waals surface area contributed by atoms with Crippen LogP contribution in [0.1, 0.15) is 25.1 Å². The summed E-state index contributed by atoms with van der Waals surface area (Å²) >= 11 is 0. The van der Waals surface area contributed by atoms with Crippen molar-refractivity contribution in [3.63, 3.8) is 0 Å². The summed E-state index contributed by atoms with van der Waals surface area (Å²) in [7, 11) is 3.60. The fourth-order valence-corrected chi connectivity index (χ4v) is 2.09. The highest BCUT2D eigenvalue weighted by molar-refractivity contribution is 6.02. The molecule has 102 valence electrons. The lowest BCUT2D eigenvalue weighted by atomic mass is 10.1. The van der Waals surface area contributed by atoms with E-state index in [1.54, 1.807) is 32.5 Å². The van der Waals surface area contributed by atoms with Crippen molar-refractivity contribution in [2.24, 2.45) is 17.9 Å². The average molecular weight is 255 g/mol. The van der Waals surface area contributed by atoms with Gasteiger partial charge in [-0.3, -0.25) is 4.68 Å². The highest BCUT2D eigenvalue weighted by Crippen LogP contribution is 2.23. The van der Waals surface area contributed by atoms with Crippen molar-refractivity contribution in [3.05, 3.63) is 11.3 Å². The van der Waals surface area contributed by atoms with Crippen molar-refractivity contribution in [2.75, 3.05) is 18.5 Å². The number of nitrogens with two attached hydrogens (primary N) is 1. The molecule has 0 aliphatic heterocycles. The van der Waals surface area contributed by atoms with E-state index >= 15 is 0 Å². The third-order valence-corrected chi connectivity index (χ3v) is 2.54. The molecule has 1 aromatic heterocycles. The Labute approximate surface area is 106 Å². The van der Waals surface area contributed by atoms with E-state index in [2.05, 4.69) is 10.3 Å². The number of aromatic nitrogens is 2. The van der Waals surface area contributed by atoms with Crippen LogP contribution >= 0.6 is 0 Å². The molecule has 1 rings (SSSR count). The molecule has 0 saturated heterocycles. The van der Waals surface area contributed by atoms with Crippen LogP contribution in [0.2, 0.25) is 0 Å². The normalized spacial score (nSPS) is 12.9. The monoisotopic (exact) mass is 255 g/mol. The van der Waals surface area contributed by atoms with Crippen LogP contribution in [0.15, 0.2) is 5.16 Å². The lowest BCUT2D eigenvalue weighted by Gasteiger charge is -2.27. The van der Waals surface area contributed by atoms with Crippen LogP contribution in [0.25, 0.3) is 0 Å². The molecule has 7 nitrogen and oxygen atoms in total. The number of likely N-dealkylation sites (N-methyl/N-ethyl adjacent to an activating group) is 1. The van der Waals surface area contributed by atoms with Gasteiger partial charge in [0.15, 0.2) is 5.84 Å². The maximum absolute atomic E-state index is 9.85. The molecule has 0 radical (unpaired) electrons. The molecular formula is C11H21N5O2. The summed E-state index contributed by atoms with van der Waals surface area (Å²) in [5.74, 6) is 0.711. The molecule has 0 atom stereocenters. The zero-order chi connectivity index (χ0) is 14.1. The second-order valence-electron chi connectivity index (χ2n) is 5.06. The Morgan fingerprint density at radius 3 is 2.56 bits per heavy atom. The smallest absolute Gasteiger partial charge is 0.175 e. The Hall–Kier alpha value is -1.76. The molecule has 0 saturated carbocycles. The maximum Gasteiger partial charge on any atom is 0.175 e. The fraction of sp³-hybridized carbons (Fsp3) is 0.636. The molecule has 0 aromatic carbocycles. The van der Waals surface area contributed by atoms with E-state index in [0.29, 0.717) is 23.6 Å². The zero-order valence-corrected chi connectivity index (χ0v) is 11.5. The van der Waals surface area contributed by atoms with Crippen molar-refractivity contribution in [1.82, 2.24) is 9.78 Å². The van der Waals surface area contributed by atoms with Crippen molar-refractivity contribution in [3.8, 4) is 0 Å². The summed E-state index contributed by atoms with van der Waals surface area (Å²) in [6.07, 6.45) is 0. The predicted molar refractivity (Wildman–Crippen MR) is 70.0 cm³/mol. The number of aryl methyl sites for hydroxylation is 2. The molecule has 0 aliphatic rings. The molecule has 0 spiro atoms. The van der Waals surface area contributed by atoms with Crippen LogP contribution in [0.5, 0.6) is 0 Å². The molecule has 1 heterocycles. The van der Waals surface area contributed by atoms with Gasteiger partial charge in [-0.1, -0.05) is 5.16 Å². The molecule has 18 heavy (non-hydrogen) atoms. The van der Waals surface area contributed by atoms with Crippen molar-refractivity contribution >= 4 is 11.7 Å². The fourth-order valence-electron chi connectivity index (χ4n) is 2.09. The topological polar surface area (TPSA) is 99.9 Å². The Bertz CT molecular complexity index is 459. The average Bonchev–Trinajstić information content (AvgIpc) is 2.49. The SMILES string of the molecule is Cc1nn(C)c(N(C)CC(C)(C)O)c1C(N)=NO. The lowest BCUT2D eigenvalue weighted by Crippen LogP contribution is -2.38. The second-order valence-corrected chi connectivity index (χ2v) is 5.06. The predicted octanol–water partition coefficient (Wildman–Crippen LogP) is 0.0301. The molecule has 0 fully saturated rings. The zero-order valence-electron chi connectivity index (χ0n) is 11.5. The Morgan fingerprint density at radius 2 is 2.11 bits per heavy atom. The van der Waals surface area contributed by atoms with Gasteiger partial charge in [-0.2, -0.15) is 5.10 Å². The van der Waals surface area contributed by atoms with Crippen LogP contribution in [-0.4, -0.2) is 45.1 Å². The molecule has 4 N–H and O–H groups in total. The first-order chi connectivity index (χ1) is 8.17. The minimum atomic E-state index is -0.852. The molecule has 0 amide bonds. The molecular weight excluding hydrogens is 234 g/mol. The maximum atomic E-state index is 9.85. The Morgan fingerprint density at radius 1 is 1.56 bits per heavy atom. The molecule has 1 aromatic rings. The largest absolute Gasteiger partial charge is 0.409 e. The van der Waals surface area contributed by atoms with E-state index in [1.807, 2.05) is 11.9 Å². The van der Waals surface area contributed by atoms with Gasteiger partial charge in [-0.25, -0.2) is 0 Å². The van der Waals surface area contributed by atoms with Crippen LogP contribution in [-0.2, 0) is 7.05 Å². The number of hydrogen-bond acceptors (Lipinski definition) is 5. The van der Waals surface area contributed by atoms with Gasteiger partial charge in [0.1, 0.15) is 5.82 Å². The van der Waals surface area contributed by atoms with Gasteiger partial charge >= 0.3 is 0 Å². The van der Waals surface area contributed by atoms with E-state index in [1.165, 1.54) is 0 Å². The molecule has 0 bridgehead atoms. The molecule has 0 aliphatic carbocycles. The Kier molecular flexibility index (Phi) is 3.85. The minimum absolute atomic E-state index is 0.0122. The number of amidine groups is 1. The highest BCUT2D eigenvalue weighted by Gasteiger charge is 2.24. The summed E-state index contributed by atoms with van der Waals surface area (Å²) in [4.78, 5) is 1.83. The summed E-state index contributed by atoms with van der Waals surface area (Å²) in [5.41, 5.74) is 6.06. The van der Waals surface area contributed by atoms with Crippen LogP contribution in [0.4, 0.5) is 5.82 Å². The lowest BCUT2D eigenvalue weighted by molar-refractivity contribution is 0.0883. The van der Waals surface area contributed by atoms with E-state index in [-0.39, 0.29) is 5.84 Å². The van der Waals surface area contributed by atoms with Crippen molar-refractivity contribution < 1.29 is 10.3 Å². The first-order valence-corrected chi connectivity index (χ1v) is 5.62. The quantitative estimate of drug-likeness (QED) is 0.305. The second kappa shape index (κ2) is 4.85. The summed E-state index contributed by atoms with van der Waals surface area (Å²) in [5, 5.41) is 25.9.